The highest BCUT2D eigenvalue weighted by Crippen LogP contribution is 2.37. The lowest BCUT2D eigenvalue weighted by Gasteiger charge is -2.38. The number of para-hydroxylation sites is 2. The molecule has 1 aliphatic heterocycles. The van der Waals surface area contributed by atoms with Crippen LogP contribution >= 0.6 is 11.6 Å². The molecule has 34 heavy (non-hydrogen) atoms. The van der Waals surface area contributed by atoms with E-state index in [1.165, 1.54) is 0 Å². The number of carbonyl (C=O) groups is 2. The fraction of sp³-hybridized carbons (Fsp3) is 0.222. The van der Waals surface area contributed by atoms with Crippen LogP contribution in [0.4, 0.5) is 0 Å². The van der Waals surface area contributed by atoms with Gasteiger partial charge < -0.3 is 14.8 Å². The summed E-state index contributed by atoms with van der Waals surface area (Å²) in [6.07, 6.45) is 0.0395. The predicted molar refractivity (Wildman–Crippen MR) is 132 cm³/mol. The summed E-state index contributed by atoms with van der Waals surface area (Å²) in [5.41, 5.74) is 3.68. The number of nitrogens with one attached hydrogen (secondary N) is 1. The maximum absolute atomic E-state index is 13.8. The van der Waals surface area contributed by atoms with Gasteiger partial charge in [0.25, 0.3) is 0 Å². The second-order valence-corrected chi connectivity index (χ2v) is 9.02. The Morgan fingerprint density at radius 2 is 1.68 bits per heavy atom. The zero-order chi connectivity index (χ0) is 23.7. The Labute approximate surface area is 203 Å². The summed E-state index contributed by atoms with van der Waals surface area (Å²) in [5.74, 6) is 0.534. The average Bonchev–Trinajstić information content (AvgIpc) is 3.24. The molecule has 2 amide bonds. The van der Waals surface area contributed by atoms with Crippen LogP contribution < -0.4 is 5.32 Å². The van der Waals surface area contributed by atoms with Crippen LogP contribution in [0.2, 0.25) is 5.02 Å². The van der Waals surface area contributed by atoms with Gasteiger partial charge in [-0.25, -0.2) is 4.98 Å². The molecule has 0 saturated heterocycles. The van der Waals surface area contributed by atoms with E-state index in [9.17, 15) is 9.59 Å². The van der Waals surface area contributed by atoms with Crippen molar-refractivity contribution in [2.45, 2.75) is 38.5 Å². The second-order valence-electron chi connectivity index (χ2n) is 8.58. The van der Waals surface area contributed by atoms with Crippen molar-refractivity contribution in [3.63, 3.8) is 0 Å². The van der Waals surface area contributed by atoms with Crippen LogP contribution in [0.5, 0.6) is 0 Å². The molecule has 2 heterocycles. The Bertz CT molecular complexity index is 1330. The molecule has 5 rings (SSSR count). The van der Waals surface area contributed by atoms with Crippen molar-refractivity contribution >= 4 is 34.4 Å². The van der Waals surface area contributed by atoms with E-state index in [-0.39, 0.29) is 24.3 Å². The molecule has 0 saturated carbocycles. The Morgan fingerprint density at radius 1 is 0.971 bits per heavy atom. The van der Waals surface area contributed by atoms with Crippen LogP contribution in [0, 0.1) is 0 Å². The Morgan fingerprint density at radius 3 is 2.44 bits per heavy atom. The van der Waals surface area contributed by atoms with Crippen molar-refractivity contribution in [3.05, 3.63) is 101 Å². The van der Waals surface area contributed by atoms with Crippen molar-refractivity contribution in [1.29, 1.82) is 0 Å². The van der Waals surface area contributed by atoms with Gasteiger partial charge in [-0.2, -0.15) is 0 Å². The highest BCUT2D eigenvalue weighted by Gasteiger charge is 2.40. The van der Waals surface area contributed by atoms with Crippen molar-refractivity contribution < 1.29 is 9.59 Å². The van der Waals surface area contributed by atoms with Gasteiger partial charge in [-0.1, -0.05) is 66.2 Å². The highest BCUT2D eigenvalue weighted by molar-refractivity contribution is 6.30. The number of halogens is 1. The smallest absolute Gasteiger partial charge is 0.247 e. The number of imidazole rings is 1. The summed E-state index contributed by atoms with van der Waals surface area (Å²) >= 11 is 5.95. The molecule has 172 valence electrons. The Kier molecular flexibility index (Phi) is 6.07. The summed E-state index contributed by atoms with van der Waals surface area (Å²) < 4.78 is 1.95. The third-order valence-electron chi connectivity index (χ3n) is 6.32. The van der Waals surface area contributed by atoms with Crippen LogP contribution in [-0.2, 0) is 22.7 Å². The van der Waals surface area contributed by atoms with E-state index < -0.39 is 6.04 Å². The number of nitrogens with zero attached hydrogens (tertiary/aromatic N) is 3. The monoisotopic (exact) mass is 472 g/mol. The zero-order valence-corrected chi connectivity index (χ0v) is 19.6. The molecule has 0 aliphatic carbocycles. The first-order valence-electron chi connectivity index (χ1n) is 11.3. The molecule has 2 atom stereocenters. The first-order valence-corrected chi connectivity index (χ1v) is 11.7. The van der Waals surface area contributed by atoms with E-state index in [4.69, 9.17) is 16.6 Å². The molecule has 1 N–H and O–H groups in total. The molecule has 1 aromatic heterocycles. The zero-order valence-electron chi connectivity index (χ0n) is 18.8. The highest BCUT2D eigenvalue weighted by atomic mass is 35.5. The lowest BCUT2D eigenvalue weighted by molar-refractivity contribution is -0.142. The van der Waals surface area contributed by atoms with E-state index in [1.807, 2.05) is 83.1 Å². The summed E-state index contributed by atoms with van der Waals surface area (Å²) in [7, 11) is 0. The molecule has 7 heteroatoms. The van der Waals surface area contributed by atoms with Gasteiger partial charge in [0, 0.05) is 18.1 Å². The first kappa shape index (κ1) is 22.2. The number of benzene rings is 3. The van der Waals surface area contributed by atoms with Crippen molar-refractivity contribution in [1.82, 2.24) is 19.8 Å². The molecule has 3 aromatic carbocycles. The fourth-order valence-corrected chi connectivity index (χ4v) is 4.67. The van der Waals surface area contributed by atoms with E-state index >= 15 is 0 Å². The van der Waals surface area contributed by atoms with Crippen LogP contribution in [0.15, 0.2) is 78.9 Å². The summed E-state index contributed by atoms with van der Waals surface area (Å²) in [6, 6.07) is 24.1. The number of amides is 2. The predicted octanol–water partition coefficient (Wildman–Crippen LogP) is 5.04. The quantitative estimate of drug-likeness (QED) is 0.427. The third kappa shape index (κ3) is 4.29. The van der Waals surface area contributed by atoms with Gasteiger partial charge in [0.1, 0.15) is 11.9 Å². The molecule has 0 bridgehead atoms. The molecule has 4 aromatic rings. The van der Waals surface area contributed by atoms with Crippen molar-refractivity contribution in [3.8, 4) is 0 Å². The maximum Gasteiger partial charge on any atom is 0.247 e. The van der Waals surface area contributed by atoms with Crippen molar-refractivity contribution in [2.24, 2.45) is 0 Å². The molecule has 0 spiro atoms. The molecule has 0 fully saturated rings. The van der Waals surface area contributed by atoms with Gasteiger partial charge in [-0.15, -0.1) is 0 Å². The molecular weight excluding hydrogens is 448 g/mol. The largest absolute Gasteiger partial charge is 0.352 e. The topological polar surface area (TPSA) is 67.2 Å². The normalized spacial score (nSPS) is 17.6. The van der Waals surface area contributed by atoms with Gasteiger partial charge in [0.2, 0.25) is 11.8 Å². The van der Waals surface area contributed by atoms with E-state index in [0.717, 1.165) is 28.0 Å². The Balaban J connectivity index is 1.44. The van der Waals surface area contributed by atoms with E-state index in [0.29, 0.717) is 18.1 Å². The van der Waals surface area contributed by atoms with Gasteiger partial charge in [-0.05, 0) is 42.3 Å². The lowest BCUT2D eigenvalue weighted by Crippen LogP contribution is -2.46. The number of rotatable bonds is 6. The third-order valence-corrected chi connectivity index (χ3v) is 6.57. The fourth-order valence-electron chi connectivity index (χ4n) is 4.54. The summed E-state index contributed by atoms with van der Waals surface area (Å²) in [4.78, 5) is 33.4. The summed E-state index contributed by atoms with van der Waals surface area (Å²) in [5, 5.41) is 3.59. The molecule has 0 radical (unpaired) electrons. The standard InChI is InChI=1S/C27H25ClN4O2/c1-18-26-30-22-9-5-6-10-23(22)32(26)24(27(34)31(18)17-20-7-3-2-4-8-20)15-25(33)29-16-19-11-13-21(28)14-12-19/h2-14,18,24H,15-17H2,1H3,(H,29,33)/t18-,24-/m1/s1. The van der Waals surface area contributed by atoms with Crippen LogP contribution in [-0.4, -0.2) is 26.3 Å². The Hall–Kier alpha value is -3.64. The number of aromatic nitrogens is 2. The number of fused-ring (bicyclic) bond motifs is 3. The molecule has 0 unspecified atom stereocenters. The molecular formula is C27H25ClN4O2. The van der Waals surface area contributed by atoms with Crippen LogP contribution in [0.1, 0.15) is 42.4 Å². The van der Waals surface area contributed by atoms with Gasteiger partial charge >= 0.3 is 0 Å². The maximum atomic E-state index is 13.8. The average molecular weight is 473 g/mol. The lowest BCUT2D eigenvalue weighted by atomic mass is 10.0. The van der Waals surface area contributed by atoms with Gasteiger partial charge in [-0.3, -0.25) is 9.59 Å². The van der Waals surface area contributed by atoms with Crippen LogP contribution in [0.25, 0.3) is 11.0 Å². The minimum Gasteiger partial charge on any atom is -0.352 e. The number of hydrogen-bond acceptors (Lipinski definition) is 3. The van der Waals surface area contributed by atoms with Crippen molar-refractivity contribution in [2.75, 3.05) is 0 Å². The second kappa shape index (κ2) is 9.31. The van der Waals surface area contributed by atoms with E-state index in [2.05, 4.69) is 5.32 Å². The number of hydrogen-bond donors (Lipinski definition) is 1. The van der Waals surface area contributed by atoms with E-state index in [1.54, 1.807) is 12.1 Å². The van der Waals surface area contributed by atoms with Gasteiger partial charge in [0.15, 0.2) is 0 Å². The first-order chi connectivity index (χ1) is 16.5. The minimum atomic E-state index is -0.660. The summed E-state index contributed by atoms with van der Waals surface area (Å²) in [6.45, 7) is 2.83. The number of carbonyl (C=O) groups excluding carboxylic acids is 2. The van der Waals surface area contributed by atoms with Crippen LogP contribution in [0.3, 0.4) is 0 Å². The minimum absolute atomic E-state index is 0.0395. The SMILES string of the molecule is C[C@@H]1c2nc3ccccc3n2[C@H](CC(=O)NCc2ccc(Cl)cc2)C(=O)N1Cc1ccccc1. The molecule has 1 aliphatic rings. The molecule has 6 nitrogen and oxygen atoms in total. The van der Waals surface area contributed by atoms with Gasteiger partial charge in [0.05, 0.1) is 23.5 Å².